The monoisotopic (exact) mass is 754 g/mol. The van der Waals surface area contributed by atoms with Crippen molar-refractivity contribution in [1.82, 2.24) is 0 Å². The van der Waals surface area contributed by atoms with Crippen LogP contribution in [0.4, 0.5) is 22.7 Å². The van der Waals surface area contributed by atoms with Gasteiger partial charge in [-0.05, 0) is 60.9 Å². The van der Waals surface area contributed by atoms with Crippen molar-refractivity contribution in [3.8, 4) is 0 Å². The number of esters is 1. The van der Waals surface area contributed by atoms with E-state index in [2.05, 4.69) is 17.2 Å². The standard InChI is InChI=1S/C26H21NO4.C22H17NO3/c1-16(2)26(30)31-15-14-17-10-12-18(13-11-17)27-22-9-5-8-21-23(22)25(29)20-7-4-3-6-19(20)24(21)28;24-13-12-14-8-10-15(11-9-14)23-19-7-3-6-18-20(19)22(26)17-5-2-1-4-16(17)21(18)25/h3-13,27H,1,14-15H2,2H3;1-11,23-24H,12-13H2. The third-order valence-electron chi connectivity index (χ3n) is 9.74. The average molecular weight is 755 g/mol. The number of hydrogen-bond donors (Lipinski definition) is 3. The topological polar surface area (TPSA) is 139 Å². The van der Waals surface area contributed by atoms with Gasteiger partial charge in [-0.1, -0.05) is 104 Å². The highest BCUT2D eigenvalue weighted by Crippen LogP contribution is 2.35. The second kappa shape index (κ2) is 16.6. The molecule has 6 aromatic rings. The lowest BCUT2D eigenvalue weighted by atomic mass is 9.83. The maximum Gasteiger partial charge on any atom is 0.333 e. The Balaban J connectivity index is 0.000000177. The molecule has 0 aliphatic heterocycles. The van der Waals surface area contributed by atoms with Gasteiger partial charge in [0.05, 0.1) is 29.1 Å². The van der Waals surface area contributed by atoms with E-state index in [1.165, 1.54) is 0 Å². The number of hydrogen-bond acceptors (Lipinski definition) is 9. The highest BCUT2D eigenvalue weighted by molar-refractivity contribution is 6.31. The molecule has 0 radical (unpaired) electrons. The Labute approximate surface area is 329 Å². The predicted octanol–water partition coefficient (Wildman–Crippen LogP) is 8.61. The zero-order valence-corrected chi connectivity index (χ0v) is 31.1. The molecule has 0 unspecified atom stereocenters. The summed E-state index contributed by atoms with van der Waals surface area (Å²) in [7, 11) is 0. The lowest BCUT2D eigenvalue weighted by Crippen LogP contribution is -2.22. The second-order valence-corrected chi connectivity index (χ2v) is 13.6. The molecule has 0 heterocycles. The van der Waals surface area contributed by atoms with Gasteiger partial charge in [-0.15, -0.1) is 0 Å². The molecule has 282 valence electrons. The molecule has 9 nitrogen and oxygen atoms in total. The van der Waals surface area contributed by atoms with Crippen LogP contribution in [0.1, 0.15) is 81.7 Å². The minimum absolute atomic E-state index is 0.106. The summed E-state index contributed by atoms with van der Waals surface area (Å²) < 4.78 is 5.12. The molecule has 0 atom stereocenters. The van der Waals surface area contributed by atoms with Gasteiger partial charge in [-0.2, -0.15) is 0 Å². The molecule has 0 amide bonds. The third kappa shape index (κ3) is 7.96. The summed E-state index contributed by atoms with van der Waals surface area (Å²) in [5, 5.41) is 15.5. The van der Waals surface area contributed by atoms with Crippen LogP contribution in [-0.2, 0) is 22.4 Å². The van der Waals surface area contributed by atoms with Crippen LogP contribution < -0.4 is 10.6 Å². The van der Waals surface area contributed by atoms with E-state index in [1.54, 1.807) is 91.9 Å². The van der Waals surface area contributed by atoms with Crippen molar-refractivity contribution in [2.45, 2.75) is 19.8 Å². The first kappa shape index (κ1) is 38.1. The summed E-state index contributed by atoms with van der Waals surface area (Å²) in [4.78, 5) is 63.2. The number of carbonyl (C=O) groups is 5. The number of aliphatic hydroxyl groups is 1. The molecule has 57 heavy (non-hydrogen) atoms. The van der Waals surface area contributed by atoms with E-state index in [4.69, 9.17) is 9.84 Å². The molecule has 2 aliphatic rings. The molecular formula is C48H38N2O7. The second-order valence-electron chi connectivity index (χ2n) is 13.6. The fourth-order valence-electron chi connectivity index (χ4n) is 6.83. The lowest BCUT2D eigenvalue weighted by Gasteiger charge is -2.20. The largest absolute Gasteiger partial charge is 0.462 e. The maximum absolute atomic E-state index is 13.1. The summed E-state index contributed by atoms with van der Waals surface area (Å²) in [6.45, 7) is 5.56. The van der Waals surface area contributed by atoms with Gasteiger partial charge in [-0.3, -0.25) is 19.2 Å². The molecule has 9 heteroatoms. The van der Waals surface area contributed by atoms with Crippen LogP contribution in [0.25, 0.3) is 0 Å². The molecule has 0 fully saturated rings. The molecular weight excluding hydrogens is 717 g/mol. The van der Waals surface area contributed by atoms with E-state index < -0.39 is 5.97 Å². The number of aliphatic hydroxyl groups excluding tert-OH is 1. The van der Waals surface area contributed by atoms with Gasteiger partial charge in [0.2, 0.25) is 0 Å². The number of rotatable bonds is 10. The van der Waals surface area contributed by atoms with Crippen LogP contribution in [0.2, 0.25) is 0 Å². The first-order valence-corrected chi connectivity index (χ1v) is 18.4. The molecule has 3 N–H and O–H groups in total. The highest BCUT2D eigenvalue weighted by atomic mass is 16.5. The molecule has 0 aromatic heterocycles. The summed E-state index contributed by atoms with van der Waals surface area (Å²) >= 11 is 0. The fourth-order valence-corrected chi connectivity index (χ4v) is 6.83. The van der Waals surface area contributed by atoms with Crippen molar-refractivity contribution in [3.63, 3.8) is 0 Å². The highest BCUT2D eigenvalue weighted by Gasteiger charge is 2.32. The van der Waals surface area contributed by atoms with Crippen molar-refractivity contribution in [2.75, 3.05) is 23.8 Å². The van der Waals surface area contributed by atoms with Gasteiger partial charge in [-0.25, -0.2) is 4.79 Å². The summed E-state index contributed by atoms with van der Waals surface area (Å²) in [6, 6.07) is 39.6. The van der Waals surface area contributed by atoms with Crippen molar-refractivity contribution in [1.29, 1.82) is 0 Å². The minimum Gasteiger partial charge on any atom is -0.462 e. The summed E-state index contributed by atoms with van der Waals surface area (Å²) in [6.07, 6.45) is 1.19. The summed E-state index contributed by atoms with van der Waals surface area (Å²) in [5.41, 5.74) is 8.63. The molecule has 8 rings (SSSR count). The Kier molecular flexibility index (Phi) is 11.1. The van der Waals surface area contributed by atoms with E-state index in [1.807, 2.05) is 48.5 Å². The van der Waals surface area contributed by atoms with Gasteiger partial charge in [0.1, 0.15) is 0 Å². The number of ketones is 4. The Bertz CT molecular complexity index is 2570. The van der Waals surface area contributed by atoms with Gasteiger partial charge >= 0.3 is 5.97 Å². The zero-order chi connectivity index (χ0) is 40.1. The SMILES string of the molecule is C=C(C)C(=O)OCCc1ccc(Nc2cccc3c2C(=O)c2ccccc2C3=O)cc1.O=C1c2ccccc2C(=O)c2c(Nc3ccc(CCO)cc3)cccc21. The third-order valence-corrected chi connectivity index (χ3v) is 9.74. The van der Waals surface area contributed by atoms with E-state index in [-0.39, 0.29) is 36.3 Å². The van der Waals surface area contributed by atoms with Crippen LogP contribution >= 0.6 is 0 Å². The number of fused-ring (bicyclic) bond motifs is 4. The quantitative estimate of drug-likeness (QED) is 0.0926. The van der Waals surface area contributed by atoms with Gasteiger partial charge in [0, 0.05) is 63.4 Å². The Morgan fingerprint density at radius 1 is 0.526 bits per heavy atom. The van der Waals surface area contributed by atoms with E-state index in [0.29, 0.717) is 74.3 Å². The van der Waals surface area contributed by atoms with Crippen LogP contribution in [0.3, 0.4) is 0 Å². The molecule has 0 spiro atoms. The molecule has 6 aromatic carbocycles. The fraction of sp³-hybridized carbons (Fsp3) is 0.104. The Morgan fingerprint density at radius 3 is 1.32 bits per heavy atom. The Morgan fingerprint density at radius 2 is 0.912 bits per heavy atom. The van der Waals surface area contributed by atoms with Crippen LogP contribution in [0.5, 0.6) is 0 Å². The van der Waals surface area contributed by atoms with Gasteiger partial charge < -0.3 is 20.5 Å². The molecule has 2 aliphatic carbocycles. The lowest BCUT2D eigenvalue weighted by molar-refractivity contribution is -0.138. The predicted molar refractivity (Wildman–Crippen MR) is 219 cm³/mol. The molecule has 0 bridgehead atoms. The number of anilines is 4. The van der Waals surface area contributed by atoms with Gasteiger partial charge in [0.25, 0.3) is 0 Å². The maximum atomic E-state index is 13.1. The van der Waals surface area contributed by atoms with E-state index in [0.717, 1.165) is 22.5 Å². The number of carbonyl (C=O) groups excluding carboxylic acids is 5. The van der Waals surface area contributed by atoms with Gasteiger partial charge in [0.15, 0.2) is 23.1 Å². The number of ether oxygens (including phenoxy) is 1. The Hall–Kier alpha value is -7.23. The van der Waals surface area contributed by atoms with Crippen LogP contribution in [-0.4, -0.2) is 47.4 Å². The van der Waals surface area contributed by atoms with Crippen molar-refractivity contribution in [2.24, 2.45) is 0 Å². The van der Waals surface area contributed by atoms with Crippen molar-refractivity contribution in [3.05, 3.63) is 201 Å². The number of nitrogens with one attached hydrogen (secondary N) is 2. The van der Waals surface area contributed by atoms with Crippen molar-refractivity contribution >= 4 is 51.9 Å². The first-order chi connectivity index (χ1) is 27.6. The molecule has 0 saturated heterocycles. The first-order valence-electron chi connectivity index (χ1n) is 18.4. The van der Waals surface area contributed by atoms with Crippen LogP contribution in [0, 0.1) is 0 Å². The summed E-state index contributed by atoms with van der Waals surface area (Å²) in [5.74, 6) is -0.974. The normalized spacial score (nSPS) is 12.2. The average Bonchev–Trinajstić information content (AvgIpc) is 3.23. The molecule has 0 saturated carbocycles. The van der Waals surface area contributed by atoms with Crippen molar-refractivity contribution < 1.29 is 33.8 Å². The zero-order valence-electron chi connectivity index (χ0n) is 31.1. The van der Waals surface area contributed by atoms with E-state index in [9.17, 15) is 24.0 Å². The minimum atomic E-state index is -0.395. The smallest absolute Gasteiger partial charge is 0.333 e. The number of benzene rings is 6. The van der Waals surface area contributed by atoms with Crippen LogP contribution in [0.15, 0.2) is 146 Å². The van der Waals surface area contributed by atoms with E-state index >= 15 is 0 Å².